The van der Waals surface area contributed by atoms with Crippen LogP contribution in [-0.2, 0) is 4.74 Å². The molecule has 0 heterocycles. The lowest BCUT2D eigenvalue weighted by Crippen LogP contribution is -2.28. The molecule has 0 atom stereocenters. The molecule has 0 N–H and O–H groups in total. The van der Waals surface area contributed by atoms with E-state index < -0.39 is 0 Å². The Morgan fingerprint density at radius 2 is 1.69 bits per heavy atom. The van der Waals surface area contributed by atoms with Crippen LogP contribution >= 0.6 is 0 Å². The zero-order chi connectivity index (χ0) is 9.90. The van der Waals surface area contributed by atoms with Gasteiger partial charge in [-0.25, -0.2) is 0 Å². The first-order valence-corrected chi connectivity index (χ1v) is 5.58. The van der Waals surface area contributed by atoms with E-state index in [-0.39, 0.29) is 5.60 Å². The number of hydrogen-bond donors (Lipinski definition) is 0. The number of rotatable bonds is 3. The maximum Gasteiger partial charge on any atom is 0.0625 e. The van der Waals surface area contributed by atoms with Gasteiger partial charge in [0.25, 0.3) is 0 Å². The lowest BCUT2D eigenvalue weighted by Gasteiger charge is -2.32. The van der Waals surface area contributed by atoms with E-state index in [1.165, 1.54) is 32.1 Å². The molecule has 0 bridgehead atoms. The molecule has 0 amide bonds. The Morgan fingerprint density at radius 1 is 1.15 bits per heavy atom. The third-order valence-electron chi connectivity index (χ3n) is 3.47. The average molecular weight is 184 g/mol. The van der Waals surface area contributed by atoms with E-state index in [4.69, 9.17) is 4.74 Å². The van der Waals surface area contributed by atoms with E-state index in [0.29, 0.717) is 0 Å². The van der Waals surface area contributed by atoms with Crippen LogP contribution in [-0.4, -0.2) is 12.7 Å². The van der Waals surface area contributed by atoms with Gasteiger partial charge in [-0.05, 0) is 32.1 Å². The minimum atomic E-state index is 0.0885. The van der Waals surface area contributed by atoms with Gasteiger partial charge in [-0.3, -0.25) is 0 Å². The number of hydrogen-bond acceptors (Lipinski definition) is 1. The summed E-state index contributed by atoms with van der Waals surface area (Å²) in [6, 6.07) is 0. The van der Waals surface area contributed by atoms with E-state index in [2.05, 4.69) is 20.8 Å². The highest BCUT2D eigenvalue weighted by Gasteiger charge is 2.25. The number of methoxy groups -OCH3 is 1. The monoisotopic (exact) mass is 184 g/mol. The quantitative estimate of drug-likeness (QED) is 0.651. The van der Waals surface area contributed by atoms with Gasteiger partial charge in [0, 0.05) is 7.11 Å². The van der Waals surface area contributed by atoms with Crippen LogP contribution in [0.1, 0.15) is 52.9 Å². The standard InChI is InChI=1S/C12H24O/c1-10-5-7-11(8-6-10)9-12(2,3)13-4/h10-11H,5-9H2,1-4H3. The maximum atomic E-state index is 5.47. The molecule has 1 heteroatoms. The van der Waals surface area contributed by atoms with Crippen LogP contribution in [0.5, 0.6) is 0 Å². The molecule has 0 radical (unpaired) electrons. The zero-order valence-corrected chi connectivity index (χ0v) is 9.60. The molecule has 1 rings (SSSR count). The molecule has 1 saturated carbocycles. The molecule has 0 unspecified atom stereocenters. The Hall–Kier alpha value is -0.0400. The number of ether oxygens (including phenoxy) is 1. The molecule has 0 aromatic carbocycles. The highest BCUT2D eigenvalue weighted by molar-refractivity contribution is 4.77. The van der Waals surface area contributed by atoms with E-state index in [0.717, 1.165) is 11.8 Å². The summed E-state index contributed by atoms with van der Waals surface area (Å²) in [7, 11) is 1.82. The summed E-state index contributed by atoms with van der Waals surface area (Å²) in [4.78, 5) is 0. The summed E-state index contributed by atoms with van der Waals surface area (Å²) >= 11 is 0. The van der Waals surface area contributed by atoms with Gasteiger partial charge in [-0.1, -0.05) is 32.6 Å². The van der Waals surface area contributed by atoms with Crippen LogP contribution in [0.4, 0.5) is 0 Å². The minimum absolute atomic E-state index is 0.0885. The first-order chi connectivity index (χ1) is 6.03. The van der Waals surface area contributed by atoms with Gasteiger partial charge in [0.15, 0.2) is 0 Å². The van der Waals surface area contributed by atoms with Crippen LogP contribution in [0.25, 0.3) is 0 Å². The minimum Gasteiger partial charge on any atom is -0.379 e. The van der Waals surface area contributed by atoms with Crippen LogP contribution in [0.2, 0.25) is 0 Å². The van der Waals surface area contributed by atoms with Gasteiger partial charge in [-0.15, -0.1) is 0 Å². The first-order valence-electron chi connectivity index (χ1n) is 5.58. The predicted molar refractivity (Wildman–Crippen MR) is 56.8 cm³/mol. The summed E-state index contributed by atoms with van der Waals surface area (Å²) in [5.74, 6) is 1.87. The van der Waals surface area contributed by atoms with Crippen molar-refractivity contribution in [1.29, 1.82) is 0 Å². The van der Waals surface area contributed by atoms with E-state index in [1.807, 2.05) is 7.11 Å². The maximum absolute atomic E-state index is 5.47. The third kappa shape index (κ3) is 3.68. The van der Waals surface area contributed by atoms with Crippen molar-refractivity contribution in [3.8, 4) is 0 Å². The van der Waals surface area contributed by atoms with Gasteiger partial charge in [-0.2, -0.15) is 0 Å². The molecular formula is C12H24O. The van der Waals surface area contributed by atoms with Crippen molar-refractivity contribution in [3.05, 3.63) is 0 Å². The molecule has 0 spiro atoms. The molecule has 1 aliphatic rings. The van der Waals surface area contributed by atoms with Gasteiger partial charge < -0.3 is 4.74 Å². The second kappa shape index (κ2) is 4.45. The zero-order valence-electron chi connectivity index (χ0n) is 9.60. The molecule has 13 heavy (non-hydrogen) atoms. The fourth-order valence-corrected chi connectivity index (χ4v) is 2.31. The van der Waals surface area contributed by atoms with E-state index >= 15 is 0 Å². The third-order valence-corrected chi connectivity index (χ3v) is 3.47. The molecule has 0 saturated heterocycles. The smallest absolute Gasteiger partial charge is 0.0625 e. The van der Waals surface area contributed by atoms with Crippen molar-refractivity contribution in [3.63, 3.8) is 0 Å². The summed E-state index contributed by atoms with van der Waals surface area (Å²) < 4.78 is 5.47. The van der Waals surface area contributed by atoms with Gasteiger partial charge >= 0.3 is 0 Å². The summed E-state index contributed by atoms with van der Waals surface area (Å²) in [6.45, 7) is 6.77. The summed E-state index contributed by atoms with van der Waals surface area (Å²) in [5.41, 5.74) is 0.0885. The second-order valence-electron chi connectivity index (χ2n) is 5.29. The highest BCUT2D eigenvalue weighted by Crippen LogP contribution is 2.34. The van der Waals surface area contributed by atoms with Crippen molar-refractivity contribution >= 4 is 0 Å². The van der Waals surface area contributed by atoms with Crippen LogP contribution < -0.4 is 0 Å². The fourth-order valence-electron chi connectivity index (χ4n) is 2.31. The molecule has 1 aliphatic carbocycles. The first kappa shape index (κ1) is 11.0. The SMILES string of the molecule is COC(C)(C)CC1CCC(C)CC1. The topological polar surface area (TPSA) is 9.23 Å². The van der Waals surface area contributed by atoms with Crippen molar-refractivity contribution in [2.75, 3.05) is 7.11 Å². The van der Waals surface area contributed by atoms with Crippen LogP contribution in [0.3, 0.4) is 0 Å². The Labute approximate surface area is 82.9 Å². The molecule has 0 aliphatic heterocycles. The highest BCUT2D eigenvalue weighted by atomic mass is 16.5. The normalized spacial score (nSPS) is 30.5. The van der Waals surface area contributed by atoms with Crippen LogP contribution in [0.15, 0.2) is 0 Å². The Kier molecular flexibility index (Phi) is 3.78. The summed E-state index contributed by atoms with van der Waals surface area (Å²) in [6.07, 6.45) is 6.90. The fraction of sp³-hybridized carbons (Fsp3) is 1.00. The predicted octanol–water partition coefficient (Wildman–Crippen LogP) is 3.63. The lowest BCUT2D eigenvalue weighted by molar-refractivity contribution is -0.00392. The average Bonchev–Trinajstić information content (AvgIpc) is 2.09. The van der Waals surface area contributed by atoms with Gasteiger partial charge in [0.2, 0.25) is 0 Å². The van der Waals surface area contributed by atoms with Gasteiger partial charge in [0.05, 0.1) is 5.60 Å². The van der Waals surface area contributed by atoms with Crippen LogP contribution in [0, 0.1) is 11.8 Å². The van der Waals surface area contributed by atoms with Crippen molar-refractivity contribution in [2.24, 2.45) is 11.8 Å². The molecule has 1 nitrogen and oxygen atoms in total. The Balaban J connectivity index is 2.30. The van der Waals surface area contributed by atoms with Crippen molar-refractivity contribution in [2.45, 2.75) is 58.5 Å². The van der Waals surface area contributed by atoms with E-state index in [1.54, 1.807) is 0 Å². The lowest BCUT2D eigenvalue weighted by atomic mass is 9.78. The largest absolute Gasteiger partial charge is 0.379 e. The van der Waals surface area contributed by atoms with Crippen molar-refractivity contribution in [1.82, 2.24) is 0 Å². The molecule has 0 aromatic heterocycles. The Morgan fingerprint density at radius 3 is 2.15 bits per heavy atom. The Bertz CT molecular complexity index is 143. The second-order valence-corrected chi connectivity index (χ2v) is 5.29. The van der Waals surface area contributed by atoms with Gasteiger partial charge in [0.1, 0.15) is 0 Å². The molecule has 78 valence electrons. The van der Waals surface area contributed by atoms with Crippen molar-refractivity contribution < 1.29 is 4.74 Å². The molecular weight excluding hydrogens is 160 g/mol. The molecule has 1 fully saturated rings. The molecule has 0 aromatic rings. The van der Waals surface area contributed by atoms with E-state index in [9.17, 15) is 0 Å². The summed E-state index contributed by atoms with van der Waals surface area (Å²) in [5, 5.41) is 0.